The topological polar surface area (TPSA) is 52.2 Å². The van der Waals surface area contributed by atoms with E-state index in [2.05, 4.69) is 28.1 Å². The molecule has 0 aliphatic carbocycles. The zero-order valence-electron chi connectivity index (χ0n) is 13.3. The molecule has 1 atom stereocenters. The van der Waals surface area contributed by atoms with E-state index in [1.165, 1.54) is 5.56 Å². The maximum Gasteiger partial charge on any atom is 0.223 e. The minimum Gasteiger partial charge on any atom is -0.365 e. The average Bonchev–Trinajstić information content (AvgIpc) is 2.82. The molecule has 0 fully saturated rings. The van der Waals surface area contributed by atoms with Crippen molar-refractivity contribution in [2.24, 2.45) is 5.92 Å². The first kappa shape index (κ1) is 14.6. The Kier molecular flexibility index (Phi) is 3.88. The van der Waals surface area contributed by atoms with Crippen LogP contribution in [0, 0.1) is 12.8 Å². The molecule has 116 valence electrons. The van der Waals surface area contributed by atoms with E-state index < -0.39 is 0 Å². The lowest BCUT2D eigenvalue weighted by atomic mass is 10.1. The van der Waals surface area contributed by atoms with Gasteiger partial charge in [-0.25, -0.2) is 0 Å². The Labute approximate surface area is 130 Å². The number of benzene rings is 1. The number of aromatic amines is 1. The van der Waals surface area contributed by atoms with Crippen molar-refractivity contribution in [3.8, 4) is 0 Å². The number of hydrogen-bond donors (Lipinski definition) is 1. The predicted octanol–water partition coefficient (Wildman–Crippen LogP) is 2.73. The molecule has 1 amide bonds. The summed E-state index contributed by atoms with van der Waals surface area (Å²) < 4.78 is 0. The number of anilines is 2. The molecule has 1 aromatic heterocycles. The Morgan fingerprint density at radius 1 is 1.32 bits per heavy atom. The fourth-order valence-electron chi connectivity index (χ4n) is 3.09. The molecular formula is C17H22N4O. The van der Waals surface area contributed by atoms with E-state index in [0.29, 0.717) is 5.92 Å². The van der Waals surface area contributed by atoms with E-state index in [9.17, 15) is 4.79 Å². The highest BCUT2D eigenvalue weighted by Gasteiger charge is 2.26. The smallest absolute Gasteiger partial charge is 0.223 e. The fraction of sp³-hybridized carbons (Fsp3) is 0.412. The third kappa shape index (κ3) is 2.71. The standard InChI is InChI=1S/C17H22N4O/c1-12-9-20(11-15-8-18-19-13(15)2)16-6-4-5-7-17(16)21(10-12)14(3)22/h4-8,12H,9-11H2,1-3H3,(H,18,19). The minimum absolute atomic E-state index is 0.0978. The largest absolute Gasteiger partial charge is 0.365 e. The number of hydrogen-bond acceptors (Lipinski definition) is 3. The number of amides is 1. The van der Waals surface area contributed by atoms with Crippen molar-refractivity contribution in [2.45, 2.75) is 27.3 Å². The highest BCUT2D eigenvalue weighted by molar-refractivity contribution is 5.95. The van der Waals surface area contributed by atoms with Gasteiger partial charge < -0.3 is 9.80 Å². The third-order valence-corrected chi connectivity index (χ3v) is 4.22. The molecule has 5 nitrogen and oxygen atoms in total. The first-order chi connectivity index (χ1) is 10.6. The Bertz CT molecular complexity index is 679. The number of rotatable bonds is 2. The van der Waals surface area contributed by atoms with E-state index in [0.717, 1.165) is 36.7 Å². The highest BCUT2D eigenvalue weighted by atomic mass is 16.2. The van der Waals surface area contributed by atoms with Gasteiger partial charge in [-0.15, -0.1) is 0 Å². The summed E-state index contributed by atoms with van der Waals surface area (Å²) in [6.07, 6.45) is 1.89. The van der Waals surface area contributed by atoms with Crippen LogP contribution in [0.25, 0.3) is 0 Å². The molecule has 1 N–H and O–H groups in total. The normalized spacial score (nSPS) is 18.0. The van der Waals surface area contributed by atoms with Gasteiger partial charge in [-0.2, -0.15) is 5.10 Å². The SMILES string of the molecule is CC(=O)N1CC(C)CN(Cc2cn[nH]c2C)c2ccccc21. The van der Waals surface area contributed by atoms with Crippen molar-refractivity contribution < 1.29 is 4.79 Å². The van der Waals surface area contributed by atoms with Gasteiger partial charge in [0.05, 0.1) is 17.6 Å². The van der Waals surface area contributed by atoms with Crippen LogP contribution in [0.15, 0.2) is 30.5 Å². The lowest BCUT2D eigenvalue weighted by Crippen LogP contribution is -2.33. The summed E-state index contributed by atoms with van der Waals surface area (Å²) in [6, 6.07) is 8.15. The van der Waals surface area contributed by atoms with Gasteiger partial charge in [0.25, 0.3) is 0 Å². The molecule has 0 bridgehead atoms. The molecule has 1 unspecified atom stereocenters. The number of nitrogens with one attached hydrogen (secondary N) is 1. The van der Waals surface area contributed by atoms with Gasteiger partial charge in [0, 0.05) is 37.8 Å². The van der Waals surface area contributed by atoms with Crippen molar-refractivity contribution in [3.63, 3.8) is 0 Å². The van der Waals surface area contributed by atoms with Crippen LogP contribution < -0.4 is 9.80 Å². The lowest BCUT2D eigenvalue weighted by Gasteiger charge is -2.26. The van der Waals surface area contributed by atoms with Crippen LogP contribution in [0.4, 0.5) is 11.4 Å². The van der Waals surface area contributed by atoms with E-state index in [1.807, 2.05) is 36.2 Å². The Balaban J connectivity index is 2.00. The number of carbonyl (C=O) groups is 1. The van der Waals surface area contributed by atoms with Crippen LogP contribution in [-0.4, -0.2) is 29.2 Å². The summed E-state index contributed by atoms with van der Waals surface area (Å²) >= 11 is 0. The van der Waals surface area contributed by atoms with Crippen molar-refractivity contribution in [1.82, 2.24) is 10.2 Å². The summed E-state index contributed by atoms with van der Waals surface area (Å²) in [6.45, 7) is 8.35. The zero-order valence-corrected chi connectivity index (χ0v) is 13.3. The molecule has 0 radical (unpaired) electrons. The Morgan fingerprint density at radius 2 is 2.05 bits per heavy atom. The van der Waals surface area contributed by atoms with Gasteiger partial charge in [0.1, 0.15) is 0 Å². The summed E-state index contributed by atoms with van der Waals surface area (Å²) in [5, 5.41) is 7.11. The fourth-order valence-corrected chi connectivity index (χ4v) is 3.09. The molecule has 1 aliphatic rings. The van der Waals surface area contributed by atoms with E-state index in [4.69, 9.17) is 0 Å². The molecule has 0 saturated heterocycles. The summed E-state index contributed by atoms with van der Waals surface area (Å²) in [5.41, 5.74) is 4.40. The minimum atomic E-state index is 0.0978. The van der Waals surface area contributed by atoms with Gasteiger partial charge in [-0.3, -0.25) is 9.89 Å². The first-order valence-corrected chi connectivity index (χ1v) is 7.67. The Morgan fingerprint density at radius 3 is 2.68 bits per heavy atom. The van der Waals surface area contributed by atoms with E-state index in [-0.39, 0.29) is 5.91 Å². The van der Waals surface area contributed by atoms with Crippen molar-refractivity contribution in [2.75, 3.05) is 22.9 Å². The number of aromatic nitrogens is 2. The molecule has 5 heteroatoms. The van der Waals surface area contributed by atoms with Crippen molar-refractivity contribution >= 4 is 17.3 Å². The molecule has 1 aliphatic heterocycles. The monoisotopic (exact) mass is 298 g/mol. The number of aryl methyl sites for hydroxylation is 1. The maximum absolute atomic E-state index is 12.0. The van der Waals surface area contributed by atoms with Crippen LogP contribution in [0.2, 0.25) is 0 Å². The maximum atomic E-state index is 12.0. The quantitative estimate of drug-likeness (QED) is 0.927. The van der Waals surface area contributed by atoms with Gasteiger partial charge in [-0.1, -0.05) is 19.1 Å². The van der Waals surface area contributed by atoms with Crippen LogP contribution in [-0.2, 0) is 11.3 Å². The number of H-pyrrole nitrogens is 1. The molecule has 3 rings (SSSR count). The summed E-state index contributed by atoms with van der Waals surface area (Å²) in [5.74, 6) is 0.504. The second kappa shape index (κ2) is 5.83. The zero-order chi connectivity index (χ0) is 15.7. The van der Waals surface area contributed by atoms with Crippen LogP contribution in [0.5, 0.6) is 0 Å². The van der Waals surface area contributed by atoms with Crippen LogP contribution >= 0.6 is 0 Å². The molecule has 2 aromatic rings. The molecule has 22 heavy (non-hydrogen) atoms. The van der Waals surface area contributed by atoms with Crippen LogP contribution in [0.1, 0.15) is 25.1 Å². The van der Waals surface area contributed by atoms with Gasteiger partial charge >= 0.3 is 0 Å². The number of nitrogens with zero attached hydrogens (tertiary/aromatic N) is 3. The van der Waals surface area contributed by atoms with Crippen molar-refractivity contribution in [1.29, 1.82) is 0 Å². The Hall–Kier alpha value is -2.30. The molecule has 0 saturated carbocycles. The van der Waals surface area contributed by atoms with E-state index in [1.54, 1.807) is 6.92 Å². The third-order valence-electron chi connectivity index (χ3n) is 4.22. The van der Waals surface area contributed by atoms with E-state index >= 15 is 0 Å². The number of para-hydroxylation sites is 2. The number of fused-ring (bicyclic) bond motifs is 1. The first-order valence-electron chi connectivity index (χ1n) is 7.67. The van der Waals surface area contributed by atoms with Gasteiger partial charge in [0.15, 0.2) is 0 Å². The second-order valence-corrected chi connectivity index (χ2v) is 6.12. The summed E-state index contributed by atoms with van der Waals surface area (Å²) in [4.78, 5) is 16.3. The predicted molar refractivity (Wildman–Crippen MR) is 88.0 cm³/mol. The number of carbonyl (C=O) groups excluding carboxylic acids is 1. The highest BCUT2D eigenvalue weighted by Crippen LogP contribution is 2.34. The molecule has 0 spiro atoms. The molecule has 2 heterocycles. The van der Waals surface area contributed by atoms with Crippen LogP contribution in [0.3, 0.4) is 0 Å². The second-order valence-electron chi connectivity index (χ2n) is 6.12. The lowest BCUT2D eigenvalue weighted by molar-refractivity contribution is -0.116. The molecular weight excluding hydrogens is 276 g/mol. The molecule has 1 aromatic carbocycles. The van der Waals surface area contributed by atoms with Gasteiger partial charge in [0.2, 0.25) is 5.91 Å². The average molecular weight is 298 g/mol. The summed E-state index contributed by atoms with van der Waals surface area (Å²) in [7, 11) is 0. The van der Waals surface area contributed by atoms with Gasteiger partial charge in [-0.05, 0) is 25.0 Å². The van der Waals surface area contributed by atoms with Crippen molar-refractivity contribution in [3.05, 3.63) is 41.7 Å².